The maximum absolute atomic E-state index is 12.9. The van der Waals surface area contributed by atoms with Gasteiger partial charge in [-0.3, -0.25) is 14.3 Å². The number of hydrogen-bond acceptors (Lipinski definition) is 4. The molecular weight excluding hydrogens is 366 g/mol. The first-order valence-corrected chi connectivity index (χ1v) is 10.5. The predicted octanol–water partition coefficient (Wildman–Crippen LogP) is 2.63. The monoisotopic (exact) mass is 391 g/mol. The quantitative estimate of drug-likeness (QED) is 0.655. The first kappa shape index (κ1) is 18.1. The summed E-state index contributed by atoms with van der Waals surface area (Å²) in [5.41, 5.74) is 2.55. The van der Waals surface area contributed by atoms with E-state index in [1.165, 1.54) is 0 Å². The molecule has 1 N–H and O–H groups in total. The van der Waals surface area contributed by atoms with E-state index < -0.39 is 0 Å². The van der Waals surface area contributed by atoms with Gasteiger partial charge in [-0.15, -0.1) is 0 Å². The van der Waals surface area contributed by atoms with Crippen LogP contribution >= 0.6 is 0 Å². The average Bonchev–Trinajstić information content (AvgIpc) is 3.55. The van der Waals surface area contributed by atoms with Gasteiger partial charge in [-0.25, -0.2) is 9.48 Å². The molecule has 29 heavy (non-hydrogen) atoms. The Morgan fingerprint density at radius 3 is 2.90 bits per heavy atom. The van der Waals surface area contributed by atoms with E-state index in [9.17, 15) is 9.59 Å². The van der Waals surface area contributed by atoms with Gasteiger partial charge < -0.3 is 5.32 Å². The minimum absolute atomic E-state index is 0.0276. The molecule has 1 aliphatic heterocycles. The molecule has 0 unspecified atom stereocenters. The third kappa shape index (κ3) is 3.57. The summed E-state index contributed by atoms with van der Waals surface area (Å²) < 4.78 is 3.32. The molecule has 2 aromatic heterocycles. The number of nitrogens with zero attached hydrogens (tertiary/aromatic N) is 4. The summed E-state index contributed by atoms with van der Waals surface area (Å²) in [6.45, 7) is 1.79. The molecule has 1 aliphatic carbocycles. The van der Waals surface area contributed by atoms with Crippen LogP contribution in [0.25, 0.3) is 10.9 Å². The molecular formula is C22H25N5O2. The number of nitrogens with one attached hydrogen (secondary N) is 1. The Hall–Kier alpha value is -2.96. The highest BCUT2D eigenvalue weighted by Crippen LogP contribution is 2.40. The van der Waals surface area contributed by atoms with Crippen molar-refractivity contribution in [2.75, 3.05) is 6.54 Å². The van der Waals surface area contributed by atoms with Crippen LogP contribution in [0.5, 0.6) is 0 Å². The minimum Gasteiger partial charge on any atom is -0.352 e. The van der Waals surface area contributed by atoms with E-state index in [4.69, 9.17) is 4.98 Å². The Balaban J connectivity index is 1.26. The topological polar surface area (TPSA) is 81.8 Å². The van der Waals surface area contributed by atoms with Gasteiger partial charge in [-0.1, -0.05) is 18.2 Å². The highest BCUT2D eigenvalue weighted by Gasteiger charge is 2.27. The van der Waals surface area contributed by atoms with Crippen molar-refractivity contribution in [1.29, 1.82) is 0 Å². The van der Waals surface area contributed by atoms with E-state index in [-0.39, 0.29) is 11.6 Å². The largest absolute Gasteiger partial charge is 0.352 e. The van der Waals surface area contributed by atoms with Crippen LogP contribution < -0.4 is 11.0 Å². The third-order valence-corrected chi connectivity index (χ3v) is 5.84. The first-order chi connectivity index (χ1) is 14.2. The standard InChI is InChI=1S/C22H25N5O2/c28-21(17-14-19(15-9-10-15)24-18-7-2-1-6-16(17)18)23-11-5-13-27-22(29)26-12-4-3-8-20(26)25-27/h1-2,6-7,14-15H,3-5,8-13H2,(H,23,28). The summed E-state index contributed by atoms with van der Waals surface area (Å²) in [6.07, 6.45) is 5.97. The number of carbonyl (C=O) groups excluding carboxylic acids is 1. The molecule has 1 amide bonds. The Bertz CT molecular complexity index is 1130. The van der Waals surface area contributed by atoms with Gasteiger partial charge in [0.15, 0.2) is 0 Å². The lowest BCUT2D eigenvalue weighted by atomic mass is 10.1. The molecule has 0 bridgehead atoms. The zero-order valence-corrected chi connectivity index (χ0v) is 16.4. The Kier molecular flexibility index (Phi) is 4.66. The van der Waals surface area contributed by atoms with Gasteiger partial charge in [0, 0.05) is 43.1 Å². The number of benzene rings is 1. The van der Waals surface area contributed by atoms with Crippen LogP contribution in [-0.2, 0) is 19.5 Å². The van der Waals surface area contributed by atoms with Crippen LogP contribution in [0, 0.1) is 0 Å². The van der Waals surface area contributed by atoms with Crippen LogP contribution in [0.15, 0.2) is 35.1 Å². The van der Waals surface area contributed by atoms with E-state index in [1.807, 2.05) is 30.3 Å². The maximum atomic E-state index is 12.9. The van der Waals surface area contributed by atoms with Gasteiger partial charge in [0.05, 0.1) is 11.1 Å². The van der Waals surface area contributed by atoms with Crippen molar-refractivity contribution >= 4 is 16.8 Å². The van der Waals surface area contributed by atoms with Crippen molar-refractivity contribution in [2.45, 2.75) is 57.5 Å². The van der Waals surface area contributed by atoms with Gasteiger partial charge >= 0.3 is 5.69 Å². The highest BCUT2D eigenvalue weighted by molar-refractivity contribution is 6.06. The molecule has 1 fully saturated rings. The lowest BCUT2D eigenvalue weighted by molar-refractivity contribution is 0.0954. The fourth-order valence-corrected chi connectivity index (χ4v) is 4.09. The molecule has 2 aliphatic rings. The van der Waals surface area contributed by atoms with Crippen molar-refractivity contribution in [3.63, 3.8) is 0 Å². The van der Waals surface area contributed by atoms with Crippen molar-refractivity contribution in [3.05, 3.63) is 57.9 Å². The zero-order chi connectivity index (χ0) is 19.8. The number of hydrogen-bond donors (Lipinski definition) is 1. The molecule has 7 nitrogen and oxygen atoms in total. The number of rotatable bonds is 6. The molecule has 3 heterocycles. The Morgan fingerprint density at radius 1 is 1.21 bits per heavy atom. The number of fused-ring (bicyclic) bond motifs is 2. The van der Waals surface area contributed by atoms with Gasteiger partial charge in [0.1, 0.15) is 5.82 Å². The van der Waals surface area contributed by atoms with Crippen LogP contribution in [-0.4, -0.2) is 31.8 Å². The highest BCUT2D eigenvalue weighted by atomic mass is 16.2. The van der Waals surface area contributed by atoms with E-state index >= 15 is 0 Å². The Labute approximate surface area is 168 Å². The molecule has 0 atom stereocenters. The summed E-state index contributed by atoms with van der Waals surface area (Å²) in [4.78, 5) is 30.0. The van der Waals surface area contributed by atoms with Crippen molar-refractivity contribution in [2.24, 2.45) is 0 Å². The average molecular weight is 391 g/mol. The Morgan fingerprint density at radius 2 is 2.07 bits per heavy atom. The second-order valence-electron chi connectivity index (χ2n) is 8.03. The first-order valence-electron chi connectivity index (χ1n) is 10.5. The molecule has 3 aromatic rings. The molecule has 7 heteroatoms. The lowest BCUT2D eigenvalue weighted by Gasteiger charge is -2.10. The van der Waals surface area contributed by atoms with Crippen LogP contribution in [0.3, 0.4) is 0 Å². The second-order valence-corrected chi connectivity index (χ2v) is 8.03. The fourth-order valence-electron chi connectivity index (χ4n) is 4.09. The number of carbonyl (C=O) groups is 1. The number of aryl methyl sites for hydroxylation is 2. The predicted molar refractivity (Wildman–Crippen MR) is 110 cm³/mol. The normalized spacial score (nSPS) is 16.0. The summed E-state index contributed by atoms with van der Waals surface area (Å²) in [7, 11) is 0. The van der Waals surface area contributed by atoms with E-state index in [2.05, 4.69) is 10.4 Å². The molecule has 5 rings (SSSR count). The summed E-state index contributed by atoms with van der Waals surface area (Å²) in [5.74, 6) is 1.30. The van der Waals surface area contributed by atoms with Gasteiger partial charge in [0.25, 0.3) is 5.91 Å². The fraction of sp³-hybridized carbons (Fsp3) is 0.455. The summed E-state index contributed by atoms with van der Waals surface area (Å²) >= 11 is 0. The van der Waals surface area contributed by atoms with E-state index in [1.54, 1.807) is 9.25 Å². The van der Waals surface area contributed by atoms with E-state index in [0.29, 0.717) is 31.0 Å². The van der Waals surface area contributed by atoms with Crippen molar-refractivity contribution < 1.29 is 4.79 Å². The third-order valence-electron chi connectivity index (χ3n) is 5.84. The molecule has 1 aromatic carbocycles. The molecule has 1 saturated carbocycles. The molecule has 0 radical (unpaired) electrons. The van der Waals surface area contributed by atoms with Gasteiger partial charge in [-0.05, 0) is 44.2 Å². The molecule has 0 saturated heterocycles. The molecule has 0 spiro atoms. The van der Waals surface area contributed by atoms with Gasteiger partial charge in [-0.2, -0.15) is 5.10 Å². The van der Waals surface area contributed by atoms with Crippen LogP contribution in [0.1, 0.15) is 59.9 Å². The maximum Gasteiger partial charge on any atom is 0.345 e. The number of amides is 1. The van der Waals surface area contributed by atoms with Crippen molar-refractivity contribution in [1.82, 2.24) is 24.6 Å². The smallest absolute Gasteiger partial charge is 0.345 e. The van der Waals surface area contributed by atoms with E-state index in [0.717, 1.165) is 61.1 Å². The number of pyridine rings is 1. The number of para-hydroxylation sites is 1. The summed E-state index contributed by atoms with van der Waals surface area (Å²) in [6, 6.07) is 9.75. The number of aromatic nitrogens is 4. The zero-order valence-electron chi connectivity index (χ0n) is 16.4. The molecule has 150 valence electrons. The summed E-state index contributed by atoms with van der Waals surface area (Å²) in [5, 5.41) is 8.34. The lowest BCUT2D eigenvalue weighted by Crippen LogP contribution is -2.29. The van der Waals surface area contributed by atoms with Crippen molar-refractivity contribution in [3.8, 4) is 0 Å². The minimum atomic E-state index is -0.0815. The SMILES string of the molecule is O=C(NCCCn1nc2n(c1=O)CCCC2)c1cc(C2CC2)nc2ccccc12. The van der Waals surface area contributed by atoms with Crippen LogP contribution in [0.4, 0.5) is 0 Å². The van der Waals surface area contributed by atoms with Crippen LogP contribution in [0.2, 0.25) is 0 Å². The van der Waals surface area contributed by atoms with Gasteiger partial charge in [0.2, 0.25) is 0 Å². The second kappa shape index (κ2) is 7.46.